The molecule has 0 aliphatic carbocycles. The van der Waals surface area contributed by atoms with Crippen LogP contribution < -0.4 is 0 Å². The topological polar surface area (TPSA) is 121 Å². The molecule has 164 valence electrons. The van der Waals surface area contributed by atoms with Gasteiger partial charge in [0.25, 0.3) is 0 Å². The summed E-state index contributed by atoms with van der Waals surface area (Å²) in [5.74, 6) is -0.701. The van der Waals surface area contributed by atoms with Crippen molar-refractivity contribution in [2.24, 2.45) is 0 Å². The molecule has 31 heavy (non-hydrogen) atoms. The second-order valence-corrected chi connectivity index (χ2v) is 10.3. The average molecular weight is 445 g/mol. The summed E-state index contributed by atoms with van der Waals surface area (Å²) < 4.78 is 30.0. The van der Waals surface area contributed by atoms with Crippen molar-refractivity contribution in [1.82, 2.24) is 19.7 Å². The molecule has 0 amide bonds. The lowest BCUT2D eigenvalue weighted by Gasteiger charge is -2.19. The highest BCUT2D eigenvalue weighted by Crippen LogP contribution is 2.30. The van der Waals surface area contributed by atoms with Crippen molar-refractivity contribution in [2.45, 2.75) is 51.9 Å². The van der Waals surface area contributed by atoms with Gasteiger partial charge in [0.1, 0.15) is 17.8 Å². The molecule has 0 saturated carbocycles. The van der Waals surface area contributed by atoms with E-state index in [1.807, 2.05) is 13.0 Å². The van der Waals surface area contributed by atoms with Crippen molar-refractivity contribution in [3.63, 3.8) is 0 Å². The molecule has 0 N–H and O–H groups in total. The molecular formula is C21H24N4O5S. The predicted octanol–water partition coefficient (Wildman–Crippen LogP) is 2.75. The van der Waals surface area contributed by atoms with Gasteiger partial charge in [-0.05, 0) is 51.0 Å². The van der Waals surface area contributed by atoms with E-state index in [0.29, 0.717) is 22.0 Å². The summed E-state index contributed by atoms with van der Waals surface area (Å²) in [6.07, 6.45) is 3.88. The van der Waals surface area contributed by atoms with Crippen LogP contribution in [0.3, 0.4) is 0 Å². The van der Waals surface area contributed by atoms with E-state index in [2.05, 4.69) is 15.1 Å². The zero-order chi connectivity index (χ0) is 23.1. The van der Waals surface area contributed by atoms with E-state index in [1.54, 1.807) is 26.8 Å². The number of carbonyl (C=O) groups excluding carboxylic acids is 2. The molecule has 0 unspecified atom stereocenters. The average Bonchev–Trinajstić information content (AvgIpc) is 2.98. The number of ether oxygens (including phenoxy) is 1. The molecule has 10 heteroatoms. The highest BCUT2D eigenvalue weighted by molar-refractivity contribution is 7.90. The summed E-state index contributed by atoms with van der Waals surface area (Å²) in [7, 11) is -3.51. The number of esters is 1. The first-order valence-electron chi connectivity index (χ1n) is 9.52. The number of hydrogen-bond acceptors (Lipinski definition) is 8. The van der Waals surface area contributed by atoms with Crippen LogP contribution in [0.5, 0.6) is 0 Å². The van der Waals surface area contributed by atoms with E-state index in [-0.39, 0.29) is 23.2 Å². The minimum absolute atomic E-state index is 0.132. The number of carbonyl (C=O) groups is 2. The molecule has 0 aliphatic heterocycles. The smallest absolute Gasteiger partial charge is 0.328 e. The second-order valence-electron chi connectivity index (χ2n) is 8.36. The number of aromatic nitrogens is 4. The Labute approximate surface area is 180 Å². The molecule has 0 spiro atoms. The zero-order valence-electron chi connectivity index (χ0n) is 18.3. The number of hydrogen-bond donors (Lipinski definition) is 0. The molecule has 1 aromatic carbocycles. The maximum absolute atomic E-state index is 12.3. The Morgan fingerprint density at radius 2 is 1.71 bits per heavy atom. The molecule has 0 atom stereocenters. The maximum atomic E-state index is 12.3. The normalized spacial score (nSPS) is 12.2. The van der Waals surface area contributed by atoms with Gasteiger partial charge in [0, 0.05) is 36.5 Å². The maximum Gasteiger partial charge on any atom is 0.328 e. The number of ketones is 1. The first-order valence-corrected chi connectivity index (χ1v) is 11.4. The minimum Gasteiger partial charge on any atom is -0.459 e. The van der Waals surface area contributed by atoms with Crippen LogP contribution in [0.25, 0.3) is 22.0 Å². The molecule has 9 nitrogen and oxygen atoms in total. The lowest BCUT2D eigenvalue weighted by Crippen LogP contribution is -2.27. The van der Waals surface area contributed by atoms with Crippen molar-refractivity contribution in [2.75, 3.05) is 6.26 Å². The highest BCUT2D eigenvalue weighted by atomic mass is 32.2. The molecule has 0 radical (unpaired) electrons. The van der Waals surface area contributed by atoms with E-state index in [4.69, 9.17) is 4.74 Å². The van der Waals surface area contributed by atoms with Gasteiger partial charge in [-0.25, -0.2) is 18.4 Å². The van der Waals surface area contributed by atoms with Gasteiger partial charge in [-0.1, -0.05) is 0 Å². The molecule has 0 saturated heterocycles. The minimum atomic E-state index is -3.51. The van der Waals surface area contributed by atoms with Gasteiger partial charge < -0.3 is 4.74 Å². The number of benzene rings is 1. The molecule has 3 rings (SSSR count). The number of nitrogens with zero attached hydrogens (tertiary/aromatic N) is 4. The van der Waals surface area contributed by atoms with Crippen molar-refractivity contribution >= 4 is 32.5 Å². The van der Waals surface area contributed by atoms with E-state index < -0.39 is 21.4 Å². The van der Waals surface area contributed by atoms with E-state index in [9.17, 15) is 18.0 Å². The molecule has 3 aromatic rings. The summed E-state index contributed by atoms with van der Waals surface area (Å²) in [6, 6.07) is 3.61. The summed E-state index contributed by atoms with van der Waals surface area (Å²) >= 11 is 0. The van der Waals surface area contributed by atoms with Crippen LogP contribution in [0, 0.1) is 6.92 Å². The summed E-state index contributed by atoms with van der Waals surface area (Å²) in [6.45, 7) is 8.46. The van der Waals surface area contributed by atoms with Crippen LogP contribution in [0.2, 0.25) is 0 Å². The van der Waals surface area contributed by atoms with Crippen LogP contribution in [0.1, 0.15) is 43.7 Å². The number of rotatable bonds is 5. The van der Waals surface area contributed by atoms with Gasteiger partial charge in [-0.3, -0.25) is 14.3 Å². The lowest BCUT2D eigenvalue weighted by molar-refractivity contribution is -0.155. The van der Waals surface area contributed by atoms with Crippen molar-refractivity contribution in [3.05, 3.63) is 35.8 Å². The number of Topliss-reactive ketones (excluding diaryl/α,β-unsaturated/α-hetero) is 1. The van der Waals surface area contributed by atoms with Crippen LogP contribution in [-0.2, 0) is 25.9 Å². The third kappa shape index (κ3) is 4.96. The largest absolute Gasteiger partial charge is 0.459 e. The fraction of sp³-hybridized carbons (Fsp3) is 0.381. The Morgan fingerprint density at radius 1 is 1.10 bits per heavy atom. The molecule has 0 aliphatic rings. The van der Waals surface area contributed by atoms with Crippen LogP contribution in [-0.4, -0.2) is 51.8 Å². The second kappa shape index (κ2) is 7.84. The van der Waals surface area contributed by atoms with Gasteiger partial charge >= 0.3 is 5.97 Å². The standard InChI is InChI=1S/C21H24N4O5S/c1-12-7-14(15-9-22-20(23-10-15)31(6,28)29)8-16-18(13(2)26)24-25(19(12)16)11-17(27)30-21(3,4)5/h7-10H,11H2,1-6H3. The first kappa shape index (κ1) is 22.5. The fourth-order valence-corrected chi connectivity index (χ4v) is 3.71. The Hall–Kier alpha value is -3.14. The van der Waals surface area contributed by atoms with Gasteiger partial charge in [0.2, 0.25) is 15.0 Å². The Bertz CT molecular complexity index is 1290. The molecule has 0 fully saturated rings. The fourth-order valence-electron chi connectivity index (χ4n) is 3.22. The molecule has 0 bridgehead atoms. The third-order valence-corrected chi connectivity index (χ3v) is 5.23. The van der Waals surface area contributed by atoms with Crippen molar-refractivity contribution in [1.29, 1.82) is 0 Å². The van der Waals surface area contributed by atoms with Crippen molar-refractivity contribution < 1.29 is 22.7 Å². The summed E-state index contributed by atoms with van der Waals surface area (Å²) in [4.78, 5) is 32.4. The van der Waals surface area contributed by atoms with Crippen LogP contribution >= 0.6 is 0 Å². The molecule has 2 aromatic heterocycles. The summed E-state index contributed by atoms with van der Waals surface area (Å²) in [5.41, 5.74) is 2.31. The van der Waals surface area contributed by atoms with Gasteiger partial charge in [-0.15, -0.1) is 0 Å². The van der Waals surface area contributed by atoms with Gasteiger partial charge in [0.15, 0.2) is 5.78 Å². The zero-order valence-corrected chi connectivity index (χ0v) is 19.1. The number of fused-ring (bicyclic) bond motifs is 1. The Balaban J connectivity index is 2.10. The van der Waals surface area contributed by atoms with Crippen molar-refractivity contribution in [3.8, 4) is 11.1 Å². The number of sulfone groups is 1. The predicted molar refractivity (Wildman–Crippen MR) is 114 cm³/mol. The molecular weight excluding hydrogens is 420 g/mol. The van der Waals surface area contributed by atoms with E-state index in [1.165, 1.54) is 24.0 Å². The van der Waals surface area contributed by atoms with Crippen LogP contribution in [0.4, 0.5) is 0 Å². The Morgan fingerprint density at radius 3 is 2.23 bits per heavy atom. The summed E-state index contributed by atoms with van der Waals surface area (Å²) in [5, 5.41) is 4.68. The highest BCUT2D eigenvalue weighted by Gasteiger charge is 2.22. The first-order chi connectivity index (χ1) is 14.3. The SMILES string of the molecule is CC(=O)c1nn(CC(=O)OC(C)(C)C)c2c(C)cc(-c3cnc(S(C)(=O)=O)nc3)cc12. The monoisotopic (exact) mass is 444 g/mol. The van der Waals surface area contributed by atoms with E-state index >= 15 is 0 Å². The lowest BCUT2D eigenvalue weighted by atomic mass is 10.0. The third-order valence-electron chi connectivity index (χ3n) is 4.36. The van der Waals surface area contributed by atoms with Crippen LogP contribution in [0.15, 0.2) is 29.7 Å². The van der Waals surface area contributed by atoms with E-state index in [0.717, 1.165) is 11.8 Å². The quantitative estimate of drug-likeness (QED) is 0.335. The molecule has 2 heterocycles. The van der Waals surface area contributed by atoms with Gasteiger partial charge in [-0.2, -0.15) is 5.10 Å². The Kier molecular flexibility index (Phi) is 5.70. The number of aryl methyl sites for hydroxylation is 1. The van der Waals surface area contributed by atoms with Gasteiger partial charge in [0.05, 0.1) is 5.52 Å².